The minimum absolute atomic E-state index is 0.101. The van der Waals surface area contributed by atoms with Crippen LogP contribution in [0.3, 0.4) is 0 Å². The van der Waals surface area contributed by atoms with Crippen LogP contribution in [0.4, 0.5) is 11.4 Å². The summed E-state index contributed by atoms with van der Waals surface area (Å²) in [5.41, 5.74) is 8.02. The second-order valence-electron chi connectivity index (χ2n) is 3.58. The van der Waals surface area contributed by atoms with E-state index in [1.165, 1.54) is 29.6 Å². The number of nitrogen functional groups attached to an aromatic ring is 1. The number of carbonyl (C=O) groups is 1. The molecule has 94 valence electrons. The number of para-hydroxylation sites is 1. The molecule has 0 spiro atoms. The van der Waals surface area contributed by atoms with E-state index in [0.717, 1.165) is 9.90 Å². The van der Waals surface area contributed by atoms with Gasteiger partial charge < -0.3 is 11.1 Å². The molecule has 1 amide bonds. The third kappa shape index (κ3) is 3.21. The molecule has 0 fully saturated rings. The quantitative estimate of drug-likeness (QED) is 0.662. The fourth-order valence-electron chi connectivity index (χ4n) is 1.39. The molecule has 0 atom stereocenters. The van der Waals surface area contributed by atoms with Crippen LogP contribution in [0.5, 0.6) is 0 Å². The molecule has 1 aromatic heterocycles. The summed E-state index contributed by atoms with van der Waals surface area (Å²) in [7, 11) is 0. The van der Waals surface area contributed by atoms with Crippen LogP contribution in [0.1, 0.15) is 5.56 Å². The number of aryl methyl sites for hydroxylation is 1. The van der Waals surface area contributed by atoms with Crippen molar-refractivity contribution in [3.63, 3.8) is 0 Å². The Morgan fingerprint density at radius 3 is 3.06 bits per heavy atom. The second-order valence-corrected chi connectivity index (χ2v) is 5.59. The molecule has 18 heavy (non-hydrogen) atoms. The number of anilines is 2. The molecule has 0 bridgehead atoms. The van der Waals surface area contributed by atoms with E-state index in [-0.39, 0.29) is 5.91 Å². The van der Waals surface area contributed by atoms with Crippen LogP contribution in [0.15, 0.2) is 28.9 Å². The van der Waals surface area contributed by atoms with Crippen LogP contribution in [0, 0.1) is 6.92 Å². The van der Waals surface area contributed by atoms with Crippen LogP contribution in [-0.2, 0) is 4.79 Å². The minimum Gasteiger partial charge on any atom is -0.397 e. The van der Waals surface area contributed by atoms with Gasteiger partial charge in [-0.05, 0) is 30.1 Å². The van der Waals surface area contributed by atoms with Gasteiger partial charge in [0.25, 0.3) is 0 Å². The Bertz CT molecular complexity index is 522. The van der Waals surface area contributed by atoms with Crippen molar-refractivity contribution >= 4 is 40.6 Å². The van der Waals surface area contributed by atoms with Gasteiger partial charge in [-0.1, -0.05) is 23.9 Å². The highest BCUT2D eigenvalue weighted by Gasteiger charge is 2.09. The summed E-state index contributed by atoms with van der Waals surface area (Å²) in [5, 5.41) is 2.81. The van der Waals surface area contributed by atoms with Gasteiger partial charge in [-0.3, -0.25) is 4.79 Å². The predicted octanol–water partition coefficient (Wildman–Crippen LogP) is 2.16. The number of thioether (sulfide) groups is 1. The fraction of sp³-hybridized carbons (Fsp3) is 0.182. The van der Waals surface area contributed by atoms with Crippen LogP contribution in [-0.4, -0.2) is 21.0 Å². The summed E-state index contributed by atoms with van der Waals surface area (Å²) in [6, 6.07) is 5.53. The van der Waals surface area contributed by atoms with Crippen molar-refractivity contribution in [2.24, 2.45) is 0 Å². The normalized spacial score (nSPS) is 10.3. The zero-order valence-corrected chi connectivity index (χ0v) is 11.3. The minimum atomic E-state index is -0.101. The highest BCUT2D eigenvalue weighted by Crippen LogP contribution is 2.23. The van der Waals surface area contributed by atoms with Gasteiger partial charge in [0.05, 0.1) is 17.1 Å². The van der Waals surface area contributed by atoms with Gasteiger partial charge >= 0.3 is 0 Å². The van der Waals surface area contributed by atoms with E-state index in [9.17, 15) is 4.79 Å². The van der Waals surface area contributed by atoms with E-state index in [2.05, 4.69) is 14.7 Å². The lowest BCUT2D eigenvalue weighted by atomic mass is 10.1. The summed E-state index contributed by atoms with van der Waals surface area (Å²) < 4.78 is 4.65. The number of carbonyl (C=O) groups excluding carboxylic acids is 1. The van der Waals surface area contributed by atoms with Crippen LogP contribution in [0.25, 0.3) is 0 Å². The van der Waals surface area contributed by atoms with Gasteiger partial charge in [-0.15, -0.1) is 0 Å². The summed E-state index contributed by atoms with van der Waals surface area (Å²) in [6.07, 6.45) is 1.48. The van der Waals surface area contributed by atoms with Crippen molar-refractivity contribution in [1.29, 1.82) is 0 Å². The van der Waals surface area contributed by atoms with Crippen molar-refractivity contribution in [3.8, 4) is 0 Å². The maximum absolute atomic E-state index is 11.8. The third-order valence-electron chi connectivity index (χ3n) is 2.24. The number of amides is 1. The predicted molar refractivity (Wildman–Crippen MR) is 74.9 cm³/mol. The van der Waals surface area contributed by atoms with Gasteiger partial charge in [-0.2, -0.15) is 4.37 Å². The van der Waals surface area contributed by atoms with E-state index >= 15 is 0 Å². The van der Waals surface area contributed by atoms with Crippen molar-refractivity contribution < 1.29 is 4.79 Å². The number of aromatic nitrogens is 2. The Morgan fingerprint density at radius 2 is 2.39 bits per heavy atom. The lowest BCUT2D eigenvalue weighted by Gasteiger charge is -2.10. The first-order chi connectivity index (χ1) is 8.66. The highest BCUT2D eigenvalue weighted by atomic mass is 32.2. The molecule has 3 N–H and O–H groups in total. The van der Waals surface area contributed by atoms with Gasteiger partial charge in [0.15, 0.2) is 4.34 Å². The molecule has 0 radical (unpaired) electrons. The molecule has 0 unspecified atom stereocenters. The molecule has 7 heteroatoms. The Morgan fingerprint density at radius 1 is 1.56 bits per heavy atom. The largest absolute Gasteiger partial charge is 0.397 e. The number of nitrogens with zero attached hydrogens (tertiary/aromatic N) is 2. The molecule has 5 nitrogen and oxygen atoms in total. The number of nitrogens with two attached hydrogens (primary N) is 1. The smallest absolute Gasteiger partial charge is 0.234 e. The maximum Gasteiger partial charge on any atom is 0.234 e. The average Bonchev–Trinajstić information content (AvgIpc) is 2.84. The van der Waals surface area contributed by atoms with E-state index in [1.54, 1.807) is 6.07 Å². The average molecular weight is 280 g/mol. The molecule has 0 aliphatic heterocycles. The van der Waals surface area contributed by atoms with Gasteiger partial charge in [0, 0.05) is 0 Å². The first-order valence-electron chi connectivity index (χ1n) is 5.21. The zero-order valence-electron chi connectivity index (χ0n) is 9.71. The van der Waals surface area contributed by atoms with Gasteiger partial charge in [0.1, 0.15) is 6.33 Å². The SMILES string of the molecule is Cc1cccc(N)c1NC(=O)CSc1ncns1. The van der Waals surface area contributed by atoms with E-state index < -0.39 is 0 Å². The molecular formula is C11H12N4OS2. The molecule has 2 rings (SSSR count). The highest BCUT2D eigenvalue weighted by molar-refractivity contribution is 8.01. The standard InChI is InChI=1S/C11H12N4OS2/c1-7-3-2-4-8(12)10(7)15-9(16)5-17-11-13-6-14-18-11/h2-4,6H,5,12H2,1H3,(H,15,16). The summed E-state index contributed by atoms with van der Waals surface area (Å²) >= 11 is 2.63. The Kier molecular flexibility index (Phi) is 4.16. The summed E-state index contributed by atoms with van der Waals surface area (Å²) in [5.74, 6) is 0.194. The second kappa shape index (κ2) is 5.83. The first-order valence-corrected chi connectivity index (χ1v) is 6.97. The van der Waals surface area contributed by atoms with Crippen LogP contribution in [0.2, 0.25) is 0 Å². The Balaban J connectivity index is 1.95. The Labute approximate surface area is 113 Å². The molecule has 0 saturated heterocycles. The van der Waals surface area contributed by atoms with Crippen molar-refractivity contribution in [3.05, 3.63) is 30.1 Å². The maximum atomic E-state index is 11.8. The number of benzene rings is 1. The monoisotopic (exact) mass is 280 g/mol. The van der Waals surface area contributed by atoms with E-state index in [1.807, 2.05) is 19.1 Å². The van der Waals surface area contributed by atoms with Crippen molar-refractivity contribution in [2.75, 3.05) is 16.8 Å². The zero-order chi connectivity index (χ0) is 13.0. The van der Waals surface area contributed by atoms with Gasteiger partial charge in [-0.25, -0.2) is 4.98 Å². The molecule has 0 aliphatic rings. The Hall–Kier alpha value is -1.60. The van der Waals surface area contributed by atoms with E-state index in [0.29, 0.717) is 17.1 Å². The third-order valence-corrected chi connectivity index (χ3v) is 4.03. The van der Waals surface area contributed by atoms with Crippen molar-refractivity contribution in [1.82, 2.24) is 9.36 Å². The number of nitrogens with one attached hydrogen (secondary N) is 1. The van der Waals surface area contributed by atoms with Crippen molar-refractivity contribution in [2.45, 2.75) is 11.3 Å². The molecule has 2 aromatic rings. The molecule has 0 aliphatic carbocycles. The van der Waals surface area contributed by atoms with E-state index in [4.69, 9.17) is 5.73 Å². The topological polar surface area (TPSA) is 80.9 Å². The van der Waals surface area contributed by atoms with Gasteiger partial charge in [0.2, 0.25) is 5.91 Å². The summed E-state index contributed by atoms with van der Waals surface area (Å²) in [4.78, 5) is 15.8. The molecule has 0 saturated carbocycles. The first kappa shape index (κ1) is 12.8. The lowest BCUT2D eigenvalue weighted by Crippen LogP contribution is -2.16. The summed E-state index contributed by atoms with van der Waals surface area (Å²) in [6.45, 7) is 1.91. The lowest BCUT2D eigenvalue weighted by molar-refractivity contribution is -0.113. The van der Waals surface area contributed by atoms with Crippen LogP contribution < -0.4 is 11.1 Å². The number of hydrogen-bond acceptors (Lipinski definition) is 6. The molecule has 1 heterocycles. The fourth-order valence-corrected chi connectivity index (χ4v) is 2.63. The molecular weight excluding hydrogens is 268 g/mol. The molecule has 1 aromatic carbocycles. The van der Waals surface area contributed by atoms with Crippen LogP contribution >= 0.6 is 23.3 Å². The number of hydrogen-bond donors (Lipinski definition) is 2. The number of rotatable bonds is 4.